The number of thioether (sulfide) groups is 1. The van der Waals surface area contributed by atoms with Crippen LogP contribution in [0.5, 0.6) is 0 Å². The summed E-state index contributed by atoms with van der Waals surface area (Å²) in [5.41, 5.74) is 2.44. The second-order valence-electron chi connectivity index (χ2n) is 4.93. The Labute approximate surface area is 134 Å². The Morgan fingerprint density at radius 3 is 2.59 bits per heavy atom. The molecule has 2 N–H and O–H groups in total. The smallest absolute Gasteiger partial charge is 0.261 e. The van der Waals surface area contributed by atoms with E-state index in [1.807, 2.05) is 36.6 Å². The van der Waals surface area contributed by atoms with Crippen molar-refractivity contribution in [1.82, 2.24) is 4.98 Å². The lowest BCUT2D eigenvalue weighted by Crippen LogP contribution is -2.13. The largest absolute Gasteiger partial charge is 0.359 e. The lowest BCUT2D eigenvalue weighted by Gasteiger charge is -2.09. The van der Waals surface area contributed by atoms with Gasteiger partial charge in [-0.15, -0.1) is 0 Å². The van der Waals surface area contributed by atoms with E-state index in [9.17, 15) is 8.42 Å². The van der Waals surface area contributed by atoms with Gasteiger partial charge in [0.1, 0.15) is 0 Å². The molecular weight excluding hydrogens is 316 g/mol. The van der Waals surface area contributed by atoms with Gasteiger partial charge in [-0.1, -0.05) is 24.3 Å². The molecule has 0 aliphatic rings. The Bertz CT molecular complexity index is 884. The number of aromatic nitrogens is 1. The van der Waals surface area contributed by atoms with Crippen molar-refractivity contribution >= 4 is 38.4 Å². The number of hydrogen-bond donors (Lipinski definition) is 2. The van der Waals surface area contributed by atoms with Gasteiger partial charge in [-0.05, 0) is 36.1 Å². The van der Waals surface area contributed by atoms with Crippen LogP contribution in [0, 0.1) is 0 Å². The summed E-state index contributed by atoms with van der Waals surface area (Å²) in [4.78, 5) is 3.32. The summed E-state index contributed by atoms with van der Waals surface area (Å²) in [5, 5.41) is 0.968. The second-order valence-corrected chi connectivity index (χ2v) is 7.48. The molecule has 0 amide bonds. The molecule has 0 radical (unpaired) electrons. The third-order valence-corrected chi connectivity index (χ3v) is 5.38. The van der Waals surface area contributed by atoms with Crippen molar-refractivity contribution in [3.63, 3.8) is 0 Å². The fourth-order valence-corrected chi connectivity index (χ4v) is 3.90. The highest BCUT2D eigenvalue weighted by atomic mass is 32.2. The molecule has 4 nitrogen and oxygen atoms in total. The molecule has 2 aromatic carbocycles. The molecule has 1 heterocycles. The fraction of sp³-hybridized carbons (Fsp3) is 0.125. The van der Waals surface area contributed by atoms with E-state index in [1.54, 1.807) is 36.2 Å². The Morgan fingerprint density at radius 2 is 1.86 bits per heavy atom. The zero-order valence-electron chi connectivity index (χ0n) is 12.0. The van der Waals surface area contributed by atoms with Crippen molar-refractivity contribution in [2.24, 2.45) is 0 Å². The van der Waals surface area contributed by atoms with Gasteiger partial charge in [0.2, 0.25) is 0 Å². The number of sulfonamides is 1. The van der Waals surface area contributed by atoms with Crippen molar-refractivity contribution in [2.45, 2.75) is 10.6 Å². The van der Waals surface area contributed by atoms with Crippen LogP contribution >= 0.6 is 11.8 Å². The molecule has 0 fully saturated rings. The predicted octanol–water partition coefficient (Wildman–Crippen LogP) is 3.83. The van der Waals surface area contributed by atoms with Gasteiger partial charge in [-0.3, -0.25) is 4.72 Å². The molecule has 3 aromatic rings. The summed E-state index contributed by atoms with van der Waals surface area (Å²) in [5.74, 6) is 0.871. The average Bonchev–Trinajstić information content (AvgIpc) is 2.97. The zero-order chi connectivity index (χ0) is 15.6. The lowest BCUT2D eigenvalue weighted by molar-refractivity contribution is 0.601. The Hall–Kier alpha value is -1.92. The summed E-state index contributed by atoms with van der Waals surface area (Å²) in [6.45, 7) is 0. The second kappa shape index (κ2) is 6.06. The van der Waals surface area contributed by atoms with E-state index in [0.29, 0.717) is 5.69 Å². The van der Waals surface area contributed by atoms with Gasteiger partial charge in [0.05, 0.1) is 16.1 Å². The third kappa shape index (κ3) is 2.98. The minimum atomic E-state index is -3.59. The van der Waals surface area contributed by atoms with Crippen LogP contribution in [-0.2, 0) is 15.8 Å². The molecule has 0 unspecified atom stereocenters. The highest BCUT2D eigenvalue weighted by molar-refractivity contribution is 7.97. The summed E-state index contributed by atoms with van der Waals surface area (Å²) < 4.78 is 27.7. The molecule has 0 atom stereocenters. The van der Waals surface area contributed by atoms with Gasteiger partial charge in [-0.2, -0.15) is 11.8 Å². The molecule has 114 valence electrons. The molecule has 0 aliphatic heterocycles. The van der Waals surface area contributed by atoms with Gasteiger partial charge in [0.25, 0.3) is 10.0 Å². The topological polar surface area (TPSA) is 62.0 Å². The number of para-hydroxylation sites is 1. The first-order valence-corrected chi connectivity index (χ1v) is 9.65. The van der Waals surface area contributed by atoms with Gasteiger partial charge in [0, 0.05) is 17.3 Å². The van der Waals surface area contributed by atoms with E-state index in [2.05, 4.69) is 9.71 Å². The molecule has 0 saturated heterocycles. The minimum Gasteiger partial charge on any atom is -0.359 e. The van der Waals surface area contributed by atoms with Crippen molar-refractivity contribution < 1.29 is 8.42 Å². The zero-order valence-corrected chi connectivity index (χ0v) is 13.7. The normalized spacial score (nSPS) is 11.7. The number of anilines is 1. The molecule has 3 rings (SSSR count). The third-order valence-electron chi connectivity index (χ3n) is 3.38. The first-order chi connectivity index (χ1) is 10.6. The molecule has 0 bridgehead atoms. The molecule has 6 heteroatoms. The van der Waals surface area contributed by atoms with Crippen LogP contribution in [0.2, 0.25) is 0 Å². The molecule has 0 aliphatic carbocycles. The first kappa shape index (κ1) is 15.0. The molecule has 22 heavy (non-hydrogen) atoms. The number of benzene rings is 2. The minimum absolute atomic E-state index is 0.265. The van der Waals surface area contributed by atoms with E-state index < -0.39 is 10.0 Å². The van der Waals surface area contributed by atoms with Crippen LogP contribution < -0.4 is 4.72 Å². The van der Waals surface area contributed by atoms with Crippen molar-refractivity contribution in [3.8, 4) is 0 Å². The molecule has 0 saturated carbocycles. The van der Waals surface area contributed by atoms with Gasteiger partial charge >= 0.3 is 0 Å². The highest BCUT2D eigenvalue weighted by Gasteiger charge is 2.15. The number of aromatic amines is 1. The number of nitrogens with one attached hydrogen (secondary N) is 2. The van der Waals surface area contributed by atoms with Crippen LogP contribution in [0.25, 0.3) is 10.9 Å². The maximum absolute atomic E-state index is 12.5. The number of hydrogen-bond acceptors (Lipinski definition) is 3. The number of H-pyrrole nitrogens is 1. The molecule has 0 spiro atoms. The van der Waals surface area contributed by atoms with Crippen molar-refractivity contribution in [3.05, 3.63) is 60.3 Å². The Morgan fingerprint density at radius 1 is 1.09 bits per heavy atom. The van der Waals surface area contributed by atoms with Crippen LogP contribution in [0.4, 0.5) is 5.69 Å². The van der Waals surface area contributed by atoms with Crippen LogP contribution in [0.1, 0.15) is 5.56 Å². The van der Waals surface area contributed by atoms with Gasteiger partial charge in [-0.25, -0.2) is 8.42 Å². The fourth-order valence-electron chi connectivity index (χ4n) is 2.31. The summed E-state index contributed by atoms with van der Waals surface area (Å²) in [6, 6.07) is 14.4. The molecule has 1 aromatic heterocycles. The predicted molar refractivity (Wildman–Crippen MR) is 92.8 cm³/mol. The number of rotatable bonds is 5. The van der Waals surface area contributed by atoms with Crippen LogP contribution in [0.15, 0.2) is 59.6 Å². The van der Waals surface area contributed by atoms with Crippen molar-refractivity contribution in [2.75, 3.05) is 11.0 Å². The average molecular weight is 332 g/mol. The standard InChI is InChI=1S/C16H16N2O2S2/c1-21-11-12-5-7-14(8-6-12)22(19,20)18-15-4-2-3-13-9-10-17-16(13)15/h2-10,17-18H,11H2,1H3. The van der Waals surface area contributed by atoms with E-state index in [4.69, 9.17) is 0 Å². The lowest BCUT2D eigenvalue weighted by atomic mass is 10.2. The first-order valence-electron chi connectivity index (χ1n) is 6.77. The van der Waals surface area contributed by atoms with Gasteiger partial charge in [0.15, 0.2) is 0 Å². The Balaban J connectivity index is 1.91. The van der Waals surface area contributed by atoms with Gasteiger partial charge < -0.3 is 4.98 Å². The van der Waals surface area contributed by atoms with E-state index in [0.717, 1.165) is 22.2 Å². The van der Waals surface area contributed by atoms with E-state index >= 15 is 0 Å². The highest BCUT2D eigenvalue weighted by Crippen LogP contribution is 2.24. The van der Waals surface area contributed by atoms with Crippen LogP contribution in [0.3, 0.4) is 0 Å². The maximum Gasteiger partial charge on any atom is 0.261 e. The number of fused-ring (bicyclic) bond motifs is 1. The van der Waals surface area contributed by atoms with E-state index in [-0.39, 0.29) is 4.90 Å². The maximum atomic E-state index is 12.5. The monoisotopic (exact) mass is 332 g/mol. The summed E-state index contributed by atoms with van der Waals surface area (Å²) >= 11 is 1.70. The quantitative estimate of drug-likeness (QED) is 0.746. The van der Waals surface area contributed by atoms with Crippen molar-refractivity contribution in [1.29, 1.82) is 0 Å². The molecular formula is C16H16N2O2S2. The SMILES string of the molecule is CSCc1ccc(S(=O)(=O)Nc2cccc3cc[nH]c23)cc1. The summed E-state index contributed by atoms with van der Waals surface area (Å²) in [7, 11) is -3.59. The van der Waals surface area contributed by atoms with E-state index in [1.165, 1.54) is 0 Å². The van der Waals surface area contributed by atoms with Crippen LogP contribution in [-0.4, -0.2) is 19.7 Å². The Kier molecular flexibility index (Phi) is 4.13. The summed E-state index contributed by atoms with van der Waals surface area (Å²) in [6.07, 6.45) is 3.81.